The summed E-state index contributed by atoms with van der Waals surface area (Å²) in [5.74, 6) is 1.22. The van der Waals surface area contributed by atoms with E-state index >= 15 is 0 Å². The molecule has 0 aliphatic carbocycles. The van der Waals surface area contributed by atoms with E-state index in [0.29, 0.717) is 35.9 Å². The fourth-order valence-electron chi connectivity index (χ4n) is 3.24. The highest BCUT2D eigenvalue weighted by molar-refractivity contribution is 7.92. The van der Waals surface area contributed by atoms with Gasteiger partial charge in [-0.05, 0) is 61.0 Å². The van der Waals surface area contributed by atoms with Gasteiger partial charge in [0.1, 0.15) is 12.4 Å². The van der Waals surface area contributed by atoms with E-state index in [1.54, 1.807) is 24.3 Å². The fraction of sp³-hybridized carbons (Fsp3) is 0.240. The van der Waals surface area contributed by atoms with Gasteiger partial charge >= 0.3 is 0 Å². The number of aryl methyl sites for hydroxylation is 1. The van der Waals surface area contributed by atoms with Crippen molar-refractivity contribution < 1.29 is 27.4 Å². The molecule has 8 nitrogen and oxygen atoms in total. The Morgan fingerprint density at radius 1 is 0.941 bits per heavy atom. The summed E-state index contributed by atoms with van der Waals surface area (Å²) < 4.78 is 43.3. The average molecular weight is 485 g/mol. The number of hydrogen-bond acceptors (Lipinski definition) is 6. The lowest BCUT2D eigenvalue weighted by Gasteiger charge is -2.20. The van der Waals surface area contributed by atoms with Gasteiger partial charge in [-0.2, -0.15) is 0 Å². The highest BCUT2D eigenvalue weighted by Crippen LogP contribution is 2.31. The molecule has 0 atom stereocenters. The average Bonchev–Trinajstić information content (AvgIpc) is 2.85. The Hall–Kier alpha value is -3.72. The van der Waals surface area contributed by atoms with Crippen LogP contribution in [0.3, 0.4) is 0 Å². The zero-order chi connectivity index (χ0) is 24.7. The molecule has 34 heavy (non-hydrogen) atoms. The molecule has 0 saturated heterocycles. The third-order valence-electron chi connectivity index (χ3n) is 5.15. The minimum Gasteiger partial charge on any atom is -0.493 e. The molecule has 0 aromatic heterocycles. The summed E-state index contributed by atoms with van der Waals surface area (Å²) in [6.07, 6.45) is 0. The number of anilines is 1. The van der Waals surface area contributed by atoms with Crippen molar-refractivity contribution in [3.63, 3.8) is 0 Å². The molecule has 0 unspecified atom stereocenters. The highest BCUT2D eigenvalue weighted by atomic mass is 32.2. The van der Waals surface area contributed by atoms with Crippen LogP contribution in [0, 0.1) is 6.92 Å². The third-order valence-corrected chi connectivity index (χ3v) is 6.93. The van der Waals surface area contributed by atoms with Crippen LogP contribution in [-0.2, 0) is 10.0 Å². The number of carbonyl (C=O) groups excluding carboxylic acids is 1. The molecule has 3 aromatic rings. The van der Waals surface area contributed by atoms with E-state index in [0.717, 1.165) is 15.6 Å². The maximum absolute atomic E-state index is 13.1. The van der Waals surface area contributed by atoms with Crippen molar-refractivity contribution in [2.75, 3.05) is 38.7 Å². The van der Waals surface area contributed by atoms with E-state index in [1.807, 2.05) is 31.2 Å². The SMILES string of the molecule is COc1ccc(S(=O)(=O)N(C)c2ccc(C(=O)NCCOc3cccc(C)c3)cc2)cc1OC. The van der Waals surface area contributed by atoms with Crippen molar-refractivity contribution in [2.24, 2.45) is 0 Å². The van der Waals surface area contributed by atoms with Crippen LogP contribution < -0.4 is 23.8 Å². The third kappa shape index (κ3) is 5.79. The van der Waals surface area contributed by atoms with Gasteiger partial charge in [0, 0.05) is 18.7 Å². The molecule has 9 heteroatoms. The van der Waals surface area contributed by atoms with Gasteiger partial charge in [0.2, 0.25) is 0 Å². The monoisotopic (exact) mass is 484 g/mol. The number of nitrogens with one attached hydrogen (secondary N) is 1. The van der Waals surface area contributed by atoms with E-state index in [9.17, 15) is 13.2 Å². The molecule has 0 aliphatic heterocycles. The second-order valence-corrected chi connectivity index (χ2v) is 9.43. The first kappa shape index (κ1) is 24.9. The lowest BCUT2D eigenvalue weighted by molar-refractivity contribution is 0.0947. The van der Waals surface area contributed by atoms with Gasteiger partial charge in [-0.1, -0.05) is 12.1 Å². The van der Waals surface area contributed by atoms with E-state index < -0.39 is 10.0 Å². The molecule has 0 radical (unpaired) electrons. The Morgan fingerprint density at radius 2 is 1.65 bits per heavy atom. The maximum Gasteiger partial charge on any atom is 0.264 e. The molecule has 0 aliphatic rings. The summed E-state index contributed by atoms with van der Waals surface area (Å²) in [6, 6.07) is 18.4. The van der Waals surface area contributed by atoms with E-state index in [1.165, 1.54) is 39.5 Å². The van der Waals surface area contributed by atoms with Crippen LogP contribution in [0.25, 0.3) is 0 Å². The standard InChI is InChI=1S/C25H28N2O6S/c1-18-6-5-7-21(16-18)33-15-14-26-25(28)19-8-10-20(11-9-19)27(2)34(29,30)22-12-13-23(31-3)24(17-22)32-4/h5-13,16-17H,14-15H2,1-4H3,(H,26,28). The number of ether oxygens (including phenoxy) is 3. The van der Waals surface area contributed by atoms with Gasteiger partial charge in [-0.3, -0.25) is 9.10 Å². The maximum atomic E-state index is 13.1. The highest BCUT2D eigenvalue weighted by Gasteiger charge is 2.23. The molecule has 0 spiro atoms. The Morgan fingerprint density at radius 3 is 2.29 bits per heavy atom. The molecule has 0 fully saturated rings. The predicted octanol–water partition coefficient (Wildman–Crippen LogP) is 3.65. The van der Waals surface area contributed by atoms with Crippen molar-refractivity contribution in [1.82, 2.24) is 5.32 Å². The Kier molecular flexibility index (Phi) is 8.01. The molecule has 1 amide bonds. The molecular weight excluding hydrogens is 456 g/mol. The van der Waals surface area contributed by atoms with Crippen molar-refractivity contribution in [1.29, 1.82) is 0 Å². The number of carbonyl (C=O) groups is 1. The smallest absolute Gasteiger partial charge is 0.264 e. The summed E-state index contributed by atoms with van der Waals surface area (Å²) >= 11 is 0. The zero-order valence-corrected chi connectivity index (χ0v) is 20.4. The molecule has 3 aromatic carbocycles. The van der Waals surface area contributed by atoms with Crippen molar-refractivity contribution in [3.05, 3.63) is 77.9 Å². The van der Waals surface area contributed by atoms with Crippen molar-refractivity contribution >= 4 is 21.6 Å². The summed E-state index contributed by atoms with van der Waals surface area (Å²) in [5.41, 5.74) is 1.92. The quantitative estimate of drug-likeness (QED) is 0.442. The molecule has 0 saturated carbocycles. The van der Waals surface area contributed by atoms with Crippen LogP contribution >= 0.6 is 0 Å². The zero-order valence-electron chi connectivity index (χ0n) is 19.6. The summed E-state index contributed by atoms with van der Waals surface area (Å²) in [4.78, 5) is 12.5. The van der Waals surface area contributed by atoms with Crippen LogP contribution in [0.1, 0.15) is 15.9 Å². The predicted molar refractivity (Wildman–Crippen MR) is 131 cm³/mol. The molecule has 0 bridgehead atoms. The first-order chi connectivity index (χ1) is 16.3. The lowest BCUT2D eigenvalue weighted by Crippen LogP contribution is -2.28. The Labute approximate surface area is 200 Å². The normalized spacial score (nSPS) is 10.9. The second-order valence-electron chi connectivity index (χ2n) is 7.46. The first-order valence-electron chi connectivity index (χ1n) is 10.5. The van der Waals surface area contributed by atoms with Gasteiger partial charge in [-0.25, -0.2) is 8.42 Å². The van der Waals surface area contributed by atoms with E-state index in [-0.39, 0.29) is 10.8 Å². The molecular formula is C25H28N2O6S. The number of amides is 1. The lowest BCUT2D eigenvalue weighted by atomic mass is 10.2. The minimum absolute atomic E-state index is 0.0584. The summed E-state index contributed by atoms with van der Waals surface area (Å²) in [5, 5.41) is 2.79. The van der Waals surface area contributed by atoms with Gasteiger partial charge in [0.25, 0.3) is 15.9 Å². The summed E-state index contributed by atoms with van der Waals surface area (Å²) in [7, 11) is 0.519. The number of methoxy groups -OCH3 is 2. The molecule has 3 rings (SSSR count). The van der Waals surface area contributed by atoms with Crippen molar-refractivity contribution in [2.45, 2.75) is 11.8 Å². The number of rotatable bonds is 10. The van der Waals surface area contributed by atoms with Gasteiger partial charge in [0.05, 0.1) is 31.3 Å². The van der Waals surface area contributed by atoms with Crippen LogP contribution in [0.2, 0.25) is 0 Å². The molecule has 180 valence electrons. The molecule has 1 N–H and O–H groups in total. The van der Waals surface area contributed by atoms with Crippen LogP contribution in [0.15, 0.2) is 71.6 Å². The van der Waals surface area contributed by atoms with Crippen LogP contribution in [0.4, 0.5) is 5.69 Å². The number of sulfonamides is 1. The first-order valence-corrected chi connectivity index (χ1v) is 12.0. The number of hydrogen-bond donors (Lipinski definition) is 1. The summed E-state index contributed by atoms with van der Waals surface area (Å²) in [6.45, 7) is 2.65. The largest absolute Gasteiger partial charge is 0.493 e. The van der Waals surface area contributed by atoms with Gasteiger partial charge in [0.15, 0.2) is 11.5 Å². The van der Waals surface area contributed by atoms with E-state index in [2.05, 4.69) is 5.32 Å². The Bertz CT molecular complexity index is 1240. The fourth-order valence-corrected chi connectivity index (χ4v) is 4.45. The topological polar surface area (TPSA) is 94.2 Å². The van der Waals surface area contributed by atoms with Crippen LogP contribution in [-0.4, -0.2) is 48.7 Å². The van der Waals surface area contributed by atoms with Crippen LogP contribution in [0.5, 0.6) is 17.2 Å². The number of nitrogens with zero attached hydrogens (tertiary/aromatic N) is 1. The molecule has 0 heterocycles. The second kappa shape index (κ2) is 10.9. The van der Waals surface area contributed by atoms with Crippen molar-refractivity contribution in [3.8, 4) is 17.2 Å². The van der Waals surface area contributed by atoms with E-state index in [4.69, 9.17) is 14.2 Å². The Balaban J connectivity index is 1.62. The minimum atomic E-state index is -3.85. The van der Waals surface area contributed by atoms with Gasteiger partial charge < -0.3 is 19.5 Å². The number of benzene rings is 3. The van der Waals surface area contributed by atoms with Gasteiger partial charge in [-0.15, -0.1) is 0 Å².